The fourth-order valence-electron chi connectivity index (χ4n) is 2.79. The summed E-state index contributed by atoms with van der Waals surface area (Å²) in [6.07, 6.45) is 1.59. The molecule has 0 aliphatic heterocycles. The van der Waals surface area contributed by atoms with Gasteiger partial charge in [-0.2, -0.15) is 5.26 Å². The number of nitrogens with zero attached hydrogens (tertiary/aromatic N) is 4. The maximum absolute atomic E-state index is 12.7. The molecule has 0 fully saturated rings. The number of anilines is 1. The van der Waals surface area contributed by atoms with Gasteiger partial charge in [-0.15, -0.1) is 21.5 Å². The summed E-state index contributed by atoms with van der Waals surface area (Å²) in [4.78, 5) is 12.7. The topological polar surface area (TPSA) is 96.7 Å². The molecule has 1 amide bonds. The summed E-state index contributed by atoms with van der Waals surface area (Å²) >= 11 is 2.63. The average Bonchev–Trinajstić information content (AvgIpc) is 3.51. The Morgan fingerprint density at radius 3 is 2.83 bits per heavy atom. The van der Waals surface area contributed by atoms with Gasteiger partial charge in [0.25, 0.3) is 0 Å². The van der Waals surface area contributed by atoms with E-state index in [2.05, 4.69) is 21.6 Å². The Bertz CT molecular complexity index is 1180. The van der Waals surface area contributed by atoms with E-state index in [-0.39, 0.29) is 5.91 Å². The smallest absolute Gasteiger partial charge is 0.238 e. The van der Waals surface area contributed by atoms with E-state index in [1.165, 1.54) is 23.1 Å². The van der Waals surface area contributed by atoms with Crippen LogP contribution in [0.25, 0.3) is 11.6 Å². The van der Waals surface area contributed by atoms with Crippen LogP contribution in [0.1, 0.15) is 18.1 Å². The molecule has 9 heteroatoms. The lowest BCUT2D eigenvalue weighted by molar-refractivity contribution is -0.115. The van der Waals surface area contributed by atoms with Crippen LogP contribution < -0.4 is 5.32 Å². The van der Waals surface area contributed by atoms with Gasteiger partial charge in [0.2, 0.25) is 11.7 Å². The number of hydrogen-bond donors (Lipinski definition) is 1. The number of nitrogens with one attached hydrogen (secondary N) is 1. The average molecular weight is 436 g/mol. The van der Waals surface area contributed by atoms with Crippen molar-refractivity contribution < 1.29 is 9.21 Å². The number of furan rings is 1. The van der Waals surface area contributed by atoms with Crippen LogP contribution in [0.2, 0.25) is 0 Å². The van der Waals surface area contributed by atoms with Crippen molar-refractivity contribution in [1.29, 1.82) is 5.26 Å². The van der Waals surface area contributed by atoms with Crippen molar-refractivity contribution in [2.75, 3.05) is 5.32 Å². The number of carbonyl (C=O) groups is 1. The van der Waals surface area contributed by atoms with Gasteiger partial charge in [-0.25, -0.2) is 0 Å². The van der Waals surface area contributed by atoms with E-state index in [0.717, 1.165) is 5.56 Å². The van der Waals surface area contributed by atoms with Crippen LogP contribution in [-0.4, -0.2) is 25.9 Å². The third kappa shape index (κ3) is 4.30. The van der Waals surface area contributed by atoms with E-state index in [1.807, 2.05) is 41.0 Å². The molecule has 0 spiro atoms. The van der Waals surface area contributed by atoms with Crippen LogP contribution in [0, 0.1) is 11.3 Å². The molecular weight excluding hydrogens is 418 g/mol. The number of rotatable bonds is 7. The molecule has 1 atom stereocenters. The van der Waals surface area contributed by atoms with Crippen LogP contribution in [0.3, 0.4) is 0 Å². The maximum atomic E-state index is 12.7. The number of thiophene rings is 1. The molecule has 0 saturated carbocycles. The molecule has 30 heavy (non-hydrogen) atoms. The highest BCUT2D eigenvalue weighted by Gasteiger charge is 2.23. The van der Waals surface area contributed by atoms with Crippen LogP contribution in [0.15, 0.2) is 69.7 Å². The second-order valence-electron chi connectivity index (χ2n) is 6.38. The zero-order valence-corrected chi connectivity index (χ0v) is 17.6. The first-order chi connectivity index (χ1) is 14.7. The predicted molar refractivity (Wildman–Crippen MR) is 116 cm³/mol. The second kappa shape index (κ2) is 8.98. The summed E-state index contributed by atoms with van der Waals surface area (Å²) in [5.74, 6) is 1.01. The molecule has 0 radical (unpaired) electrons. The van der Waals surface area contributed by atoms with Crippen LogP contribution in [0.5, 0.6) is 0 Å². The molecule has 7 nitrogen and oxygen atoms in total. The van der Waals surface area contributed by atoms with Crippen molar-refractivity contribution in [3.63, 3.8) is 0 Å². The van der Waals surface area contributed by atoms with Crippen LogP contribution in [0.4, 0.5) is 5.00 Å². The number of thioether (sulfide) groups is 1. The Morgan fingerprint density at radius 2 is 2.10 bits per heavy atom. The fraction of sp³-hybridized carbons (Fsp3) is 0.143. The van der Waals surface area contributed by atoms with Crippen molar-refractivity contribution in [1.82, 2.24) is 14.8 Å². The number of aromatic nitrogens is 3. The zero-order valence-electron chi connectivity index (χ0n) is 16.0. The molecule has 0 bridgehead atoms. The SMILES string of the molecule is CC(Sc1nnc(-c2ccco2)n1Cc1ccccc1)C(=O)Nc1sccc1C#N. The molecule has 4 rings (SSSR count). The van der Waals surface area contributed by atoms with Crippen LogP contribution >= 0.6 is 23.1 Å². The van der Waals surface area contributed by atoms with Gasteiger partial charge in [0.15, 0.2) is 10.9 Å². The largest absolute Gasteiger partial charge is 0.461 e. The molecule has 0 aliphatic rings. The minimum absolute atomic E-state index is 0.201. The highest BCUT2D eigenvalue weighted by Crippen LogP contribution is 2.29. The van der Waals surface area contributed by atoms with Gasteiger partial charge in [-0.1, -0.05) is 42.1 Å². The van der Waals surface area contributed by atoms with Gasteiger partial charge < -0.3 is 9.73 Å². The summed E-state index contributed by atoms with van der Waals surface area (Å²) in [5, 5.41) is 23.1. The van der Waals surface area contributed by atoms with E-state index >= 15 is 0 Å². The number of hydrogen-bond acceptors (Lipinski definition) is 7. The lowest BCUT2D eigenvalue weighted by Crippen LogP contribution is -2.23. The highest BCUT2D eigenvalue weighted by molar-refractivity contribution is 8.00. The first-order valence-electron chi connectivity index (χ1n) is 9.12. The van der Waals surface area contributed by atoms with Gasteiger partial charge in [-0.05, 0) is 36.1 Å². The fourth-order valence-corrected chi connectivity index (χ4v) is 4.38. The normalized spacial score (nSPS) is 11.7. The first kappa shape index (κ1) is 19.9. The molecule has 1 aromatic carbocycles. The van der Waals surface area contributed by atoms with Gasteiger partial charge in [-0.3, -0.25) is 9.36 Å². The van der Waals surface area contributed by atoms with E-state index in [9.17, 15) is 4.79 Å². The minimum Gasteiger partial charge on any atom is -0.461 e. The maximum Gasteiger partial charge on any atom is 0.238 e. The Kier molecular flexibility index (Phi) is 5.97. The number of amides is 1. The molecule has 3 aromatic heterocycles. The van der Waals surface area contributed by atoms with Gasteiger partial charge in [0.1, 0.15) is 11.1 Å². The Morgan fingerprint density at radius 1 is 1.27 bits per heavy atom. The molecule has 1 N–H and O–H groups in total. The summed E-state index contributed by atoms with van der Waals surface area (Å²) < 4.78 is 7.46. The standard InChI is InChI=1S/C21H17N5O2S2/c1-14(19(27)23-20-16(12-22)9-11-29-20)30-21-25-24-18(17-8-5-10-28-17)26(21)13-15-6-3-2-4-7-15/h2-11,14H,13H2,1H3,(H,23,27). The molecule has 4 aromatic rings. The van der Waals surface area contributed by atoms with E-state index in [4.69, 9.17) is 9.68 Å². The van der Waals surface area contributed by atoms with Crippen LogP contribution in [-0.2, 0) is 11.3 Å². The molecule has 0 aliphatic carbocycles. The van der Waals surface area contributed by atoms with Gasteiger partial charge in [0.05, 0.1) is 23.6 Å². The Hall–Kier alpha value is -3.35. The Balaban J connectivity index is 1.57. The molecule has 150 valence electrons. The molecular formula is C21H17N5O2S2. The molecule has 1 unspecified atom stereocenters. The van der Waals surface area contributed by atoms with Crippen molar-refractivity contribution >= 4 is 34.0 Å². The summed E-state index contributed by atoms with van der Waals surface area (Å²) in [6.45, 7) is 2.35. The highest BCUT2D eigenvalue weighted by atomic mass is 32.2. The van der Waals surface area contributed by atoms with Gasteiger partial charge >= 0.3 is 0 Å². The monoisotopic (exact) mass is 435 g/mol. The van der Waals surface area contributed by atoms with E-state index < -0.39 is 5.25 Å². The first-order valence-corrected chi connectivity index (χ1v) is 10.9. The zero-order chi connectivity index (χ0) is 20.9. The summed E-state index contributed by atoms with van der Waals surface area (Å²) in [6, 6.07) is 17.4. The lowest BCUT2D eigenvalue weighted by atomic mass is 10.2. The van der Waals surface area contributed by atoms with E-state index in [0.29, 0.717) is 33.9 Å². The number of nitriles is 1. The third-order valence-corrected chi connectivity index (χ3v) is 6.23. The minimum atomic E-state index is -0.443. The van der Waals surface area contributed by atoms with Crippen molar-refractivity contribution in [2.24, 2.45) is 0 Å². The van der Waals surface area contributed by atoms with E-state index in [1.54, 1.807) is 30.7 Å². The van der Waals surface area contributed by atoms with Crippen molar-refractivity contribution in [3.05, 3.63) is 71.3 Å². The lowest BCUT2D eigenvalue weighted by Gasteiger charge is -2.13. The third-order valence-electron chi connectivity index (χ3n) is 4.32. The number of benzene rings is 1. The Labute approximate surface area is 181 Å². The van der Waals surface area contributed by atoms with Crippen molar-refractivity contribution in [3.8, 4) is 17.7 Å². The quantitative estimate of drug-likeness (QED) is 0.425. The predicted octanol–water partition coefficient (Wildman–Crippen LogP) is 4.64. The summed E-state index contributed by atoms with van der Waals surface area (Å²) in [7, 11) is 0. The molecule has 0 saturated heterocycles. The molecule has 3 heterocycles. The summed E-state index contributed by atoms with van der Waals surface area (Å²) in [5.41, 5.74) is 1.54. The van der Waals surface area contributed by atoms with Crippen molar-refractivity contribution in [2.45, 2.75) is 23.9 Å². The second-order valence-corrected chi connectivity index (χ2v) is 8.60. The van der Waals surface area contributed by atoms with Gasteiger partial charge in [0, 0.05) is 0 Å². The number of carbonyl (C=O) groups excluding carboxylic acids is 1.